The van der Waals surface area contributed by atoms with E-state index in [2.05, 4.69) is 20.8 Å². The highest BCUT2D eigenvalue weighted by atomic mass is 16.5. The van der Waals surface area contributed by atoms with Gasteiger partial charge >= 0.3 is 0 Å². The van der Waals surface area contributed by atoms with Crippen molar-refractivity contribution < 1.29 is 24.5 Å². The van der Waals surface area contributed by atoms with E-state index in [1.54, 1.807) is 0 Å². The highest BCUT2D eigenvalue weighted by Gasteiger charge is 2.53. The molecule has 0 amide bonds. The molecular formula is C29H34O5. The van der Waals surface area contributed by atoms with E-state index in [1.807, 2.05) is 30.3 Å². The largest absolute Gasteiger partial charge is 0.507 e. The van der Waals surface area contributed by atoms with Crippen LogP contribution in [0, 0.1) is 23.2 Å². The zero-order valence-electron chi connectivity index (χ0n) is 20.2. The normalized spacial score (nSPS) is 31.7. The fourth-order valence-electron chi connectivity index (χ4n) is 7.43. The lowest BCUT2D eigenvalue weighted by Gasteiger charge is -2.53. The van der Waals surface area contributed by atoms with Crippen LogP contribution in [0.1, 0.15) is 97.1 Å². The Hall–Kier alpha value is -2.82. The Balaban J connectivity index is 1.71. The molecule has 2 fully saturated rings. The molecule has 34 heavy (non-hydrogen) atoms. The van der Waals surface area contributed by atoms with Gasteiger partial charge in [-0.15, -0.1) is 0 Å². The predicted octanol–water partition coefficient (Wildman–Crippen LogP) is 6.25. The minimum atomic E-state index is -0.576. The third-order valence-electron chi connectivity index (χ3n) is 9.14. The molecule has 5 heteroatoms. The number of hydrogen-bond acceptors (Lipinski definition) is 5. The van der Waals surface area contributed by atoms with Crippen LogP contribution >= 0.6 is 0 Å². The van der Waals surface area contributed by atoms with Crippen LogP contribution in [0.25, 0.3) is 0 Å². The third-order valence-corrected chi connectivity index (χ3v) is 9.14. The molecule has 0 unspecified atom stereocenters. The second-order valence-corrected chi connectivity index (χ2v) is 11.4. The summed E-state index contributed by atoms with van der Waals surface area (Å²) in [6.07, 6.45) is 7.27. The highest BCUT2D eigenvalue weighted by molar-refractivity contribution is 5.95. The number of benzene rings is 2. The van der Waals surface area contributed by atoms with Crippen LogP contribution in [0.5, 0.6) is 17.2 Å². The zero-order chi connectivity index (χ0) is 24.3. The van der Waals surface area contributed by atoms with Crippen molar-refractivity contribution in [2.24, 2.45) is 23.2 Å². The minimum Gasteiger partial charge on any atom is -0.507 e. The first kappa shape index (κ1) is 22.9. The molecule has 5 rings (SSSR count). The minimum absolute atomic E-state index is 0.0532. The molecule has 0 spiro atoms. The maximum absolute atomic E-state index is 12.1. The summed E-state index contributed by atoms with van der Waals surface area (Å²) >= 11 is 0. The van der Waals surface area contributed by atoms with E-state index < -0.39 is 11.4 Å². The Morgan fingerprint density at radius 1 is 0.912 bits per heavy atom. The molecule has 180 valence electrons. The lowest BCUT2D eigenvalue weighted by molar-refractivity contribution is -0.0472. The smallest absolute Gasteiger partial charge is 0.157 e. The molecule has 5 atom stereocenters. The van der Waals surface area contributed by atoms with Crippen molar-refractivity contribution in [3.63, 3.8) is 0 Å². The van der Waals surface area contributed by atoms with E-state index >= 15 is 0 Å². The van der Waals surface area contributed by atoms with E-state index in [4.69, 9.17) is 4.74 Å². The molecule has 0 saturated heterocycles. The number of aromatic hydroxyl groups is 2. The van der Waals surface area contributed by atoms with Crippen molar-refractivity contribution in [1.82, 2.24) is 0 Å². The number of ether oxygens (including phenoxy) is 1. The van der Waals surface area contributed by atoms with Gasteiger partial charge in [0.05, 0.1) is 11.1 Å². The molecule has 0 radical (unpaired) electrons. The summed E-state index contributed by atoms with van der Waals surface area (Å²) in [4.78, 5) is 23.9. The van der Waals surface area contributed by atoms with Crippen LogP contribution in [-0.2, 0) is 0 Å². The average Bonchev–Trinajstić information content (AvgIpc) is 2.85. The number of carbonyl (C=O) groups excluding carboxylic acids is 2. The van der Waals surface area contributed by atoms with Gasteiger partial charge in [0, 0.05) is 17.4 Å². The topological polar surface area (TPSA) is 83.8 Å². The summed E-state index contributed by atoms with van der Waals surface area (Å²) < 4.78 is 6.66. The van der Waals surface area contributed by atoms with Gasteiger partial charge < -0.3 is 14.9 Å². The van der Waals surface area contributed by atoms with Crippen molar-refractivity contribution in [1.29, 1.82) is 0 Å². The van der Waals surface area contributed by atoms with E-state index in [1.165, 1.54) is 12.8 Å². The summed E-state index contributed by atoms with van der Waals surface area (Å²) in [7, 11) is 0. The van der Waals surface area contributed by atoms with E-state index in [0.717, 1.165) is 37.2 Å². The summed E-state index contributed by atoms with van der Waals surface area (Å²) in [6.45, 7) is 6.84. The molecule has 0 aromatic heterocycles. The lowest BCUT2D eigenvalue weighted by atomic mass is 9.53. The molecule has 2 aromatic carbocycles. The zero-order valence-corrected chi connectivity index (χ0v) is 20.2. The Kier molecular flexibility index (Phi) is 5.50. The van der Waals surface area contributed by atoms with Gasteiger partial charge in [-0.25, -0.2) is 0 Å². The number of rotatable bonds is 3. The molecule has 3 aliphatic rings. The molecule has 2 aromatic rings. The average molecular weight is 463 g/mol. The van der Waals surface area contributed by atoms with Crippen LogP contribution in [0.2, 0.25) is 0 Å². The van der Waals surface area contributed by atoms with E-state index in [0.29, 0.717) is 29.5 Å². The molecule has 1 aliphatic heterocycles. The van der Waals surface area contributed by atoms with Crippen molar-refractivity contribution in [3.05, 3.63) is 52.6 Å². The summed E-state index contributed by atoms with van der Waals surface area (Å²) in [5.74, 6) is 0.596. The van der Waals surface area contributed by atoms with Gasteiger partial charge in [0.2, 0.25) is 0 Å². The van der Waals surface area contributed by atoms with Crippen molar-refractivity contribution >= 4 is 12.6 Å². The first-order valence-electron chi connectivity index (χ1n) is 12.5. The number of fused-ring (bicyclic) bond motifs is 3. The van der Waals surface area contributed by atoms with Crippen molar-refractivity contribution in [3.8, 4) is 17.2 Å². The quantitative estimate of drug-likeness (QED) is 0.527. The number of phenols is 2. The first-order chi connectivity index (χ1) is 16.2. The molecule has 2 aliphatic carbocycles. The van der Waals surface area contributed by atoms with Crippen LogP contribution in [-0.4, -0.2) is 28.4 Å². The van der Waals surface area contributed by atoms with Gasteiger partial charge in [-0.2, -0.15) is 0 Å². The van der Waals surface area contributed by atoms with E-state index in [-0.39, 0.29) is 34.5 Å². The Morgan fingerprint density at radius 3 is 2.26 bits per heavy atom. The summed E-state index contributed by atoms with van der Waals surface area (Å²) in [6, 6.07) is 9.97. The molecule has 0 bridgehead atoms. The van der Waals surface area contributed by atoms with Crippen LogP contribution < -0.4 is 4.74 Å². The molecule has 2 saturated carbocycles. The molecular weight excluding hydrogens is 428 g/mol. The third kappa shape index (κ3) is 3.35. The Morgan fingerprint density at radius 2 is 1.62 bits per heavy atom. The fraction of sp³-hybridized carbons (Fsp3) is 0.517. The number of hydrogen-bond donors (Lipinski definition) is 2. The SMILES string of the molecule is CC1(C)C[C@@H]2CCC[C@H]3[C@@H](c4ccccc4)c4c(O)c(C=O)c(O)c(C=O)c4O[C@]3(C)CC[C@H]21. The molecule has 1 heterocycles. The van der Waals surface area contributed by atoms with Gasteiger partial charge in [-0.3, -0.25) is 9.59 Å². The fourth-order valence-corrected chi connectivity index (χ4v) is 7.43. The van der Waals surface area contributed by atoms with Crippen LogP contribution in [0.3, 0.4) is 0 Å². The van der Waals surface area contributed by atoms with Crippen molar-refractivity contribution in [2.45, 2.75) is 70.8 Å². The summed E-state index contributed by atoms with van der Waals surface area (Å²) in [5, 5.41) is 21.9. The molecule has 2 N–H and O–H groups in total. The van der Waals surface area contributed by atoms with Gasteiger partial charge in [0.1, 0.15) is 22.8 Å². The maximum Gasteiger partial charge on any atom is 0.157 e. The Bertz CT molecular complexity index is 1120. The number of carbonyl (C=O) groups is 2. The van der Waals surface area contributed by atoms with Crippen molar-refractivity contribution in [2.75, 3.05) is 0 Å². The monoisotopic (exact) mass is 462 g/mol. The number of aldehydes is 2. The van der Waals surface area contributed by atoms with Gasteiger partial charge in [-0.05, 0) is 55.4 Å². The second kappa shape index (κ2) is 8.14. The second-order valence-electron chi connectivity index (χ2n) is 11.4. The van der Waals surface area contributed by atoms with Crippen LogP contribution in [0.4, 0.5) is 0 Å². The maximum atomic E-state index is 12.1. The van der Waals surface area contributed by atoms with Crippen LogP contribution in [0.15, 0.2) is 30.3 Å². The molecule has 5 nitrogen and oxygen atoms in total. The first-order valence-corrected chi connectivity index (χ1v) is 12.5. The van der Waals surface area contributed by atoms with Gasteiger partial charge in [-0.1, -0.05) is 57.0 Å². The Labute approximate surface area is 201 Å². The number of phenolic OH excluding ortho intramolecular Hbond substituents is 2. The lowest BCUT2D eigenvalue weighted by Crippen LogP contribution is -2.49. The standard InChI is InChI=1S/C29H34O5/c1-28(2)14-18-10-7-11-22-23(17-8-5-4-6-9-17)24-26(33)19(15-30)25(32)20(16-31)27(24)34-29(22,3)13-12-21(18)28/h4-6,8-9,15-16,18,21-23,32-33H,7,10-14H2,1-3H3/t18-,21+,22-,23+,29+/m0/s1. The highest BCUT2D eigenvalue weighted by Crippen LogP contribution is 2.61. The van der Waals surface area contributed by atoms with E-state index in [9.17, 15) is 19.8 Å². The van der Waals surface area contributed by atoms with Gasteiger partial charge in [0.15, 0.2) is 12.6 Å². The summed E-state index contributed by atoms with van der Waals surface area (Å²) in [5.41, 5.74) is 0.899. The van der Waals surface area contributed by atoms with Gasteiger partial charge in [0.25, 0.3) is 0 Å². The predicted molar refractivity (Wildman–Crippen MR) is 130 cm³/mol.